The minimum Gasteiger partial charge on any atom is -0.550 e. The average Bonchev–Trinajstić information content (AvgIpc) is 2.61. The second-order valence-corrected chi connectivity index (χ2v) is 6.19. The number of carboxylic acids is 1. The highest BCUT2D eigenvalue weighted by Crippen LogP contribution is 2.37. The van der Waals surface area contributed by atoms with Crippen molar-refractivity contribution < 1.29 is 14.7 Å². The lowest BCUT2D eigenvalue weighted by Gasteiger charge is -2.15. The van der Waals surface area contributed by atoms with Crippen LogP contribution in [0.4, 0.5) is 0 Å². The van der Waals surface area contributed by atoms with Crippen molar-refractivity contribution in [2.75, 3.05) is 0 Å². The Morgan fingerprint density at radius 1 is 1.19 bits per heavy atom. The fourth-order valence-corrected chi connectivity index (χ4v) is 3.49. The second-order valence-electron chi connectivity index (χ2n) is 5.11. The van der Waals surface area contributed by atoms with E-state index in [0.717, 1.165) is 20.9 Å². The number of benzene rings is 2. The van der Waals surface area contributed by atoms with E-state index in [4.69, 9.17) is 0 Å². The first kappa shape index (κ1) is 13.9. The van der Waals surface area contributed by atoms with Crippen LogP contribution in [0, 0.1) is 0 Å². The van der Waals surface area contributed by atoms with E-state index in [1.165, 1.54) is 0 Å². The zero-order valence-electron chi connectivity index (χ0n) is 11.5. The maximum atomic E-state index is 12.3. The van der Waals surface area contributed by atoms with Gasteiger partial charge >= 0.3 is 0 Å². The van der Waals surface area contributed by atoms with Gasteiger partial charge in [0.1, 0.15) is 0 Å². The number of carboxylic acid groups (broad SMARTS) is 1. The molecule has 0 radical (unpaired) electrons. The lowest BCUT2D eigenvalue weighted by molar-refractivity contribution is -0.307. The van der Waals surface area contributed by atoms with Crippen molar-refractivity contribution in [3.63, 3.8) is 0 Å². The monoisotopic (exact) mass is 297 g/mol. The number of aliphatic carboxylic acids is 1. The van der Waals surface area contributed by atoms with E-state index in [2.05, 4.69) is 0 Å². The summed E-state index contributed by atoms with van der Waals surface area (Å²) in [6, 6.07) is 13.0. The van der Waals surface area contributed by atoms with Crippen molar-refractivity contribution in [2.45, 2.75) is 29.1 Å². The molecule has 0 N–H and O–H groups in total. The quantitative estimate of drug-likeness (QED) is 0.854. The third-order valence-corrected chi connectivity index (χ3v) is 4.89. The maximum Gasteiger partial charge on any atom is 0.168 e. The number of rotatable bonds is 2. The minimum atomic E-state index is -1.11. The molecule has 0 fully saturated rings. The zero-order chi connectivity index (χ0) is 15.0. The van der Waals surface area contributed by atoms with Gasteiger partial charge in [0.2, 0.25) is 0 Å². The van der Waals surface area contributed by atoms with Crippen molar-refractivity contribution >= 4 is 23.5 Å². The minimum absolute atomic E-state index is 0.0649. The summed E-state index contributed by atoms with van der Waals surface area (Å²) in [6.45, 7) is 1.59. The smallest absolute Gasteiger partial charge is 0.168 e. The molecule has 106 valence electrons. The number of carbonyl (C=O) groups is 2. The first-order valence-corrected chi connectivity index (χ1v) is 7.51. The van der Waals surface area contributed by atoms with Gasteiger partial charge in [-0.1, -0.05) is 49.0 Å². The molecule has 0 bridgehead atoms. The molecule has 21 heavy (non-hydrogen) atoms. The van der Waals surface area contributed by atoms with E-state index in [1.54, 1.807) is 24.8 Å². The normalized spacial score (nSPS) is 14.8. The maximum absolute atomic E-state index is 12.3. The molecule has 2 aromatic carbocycles. The number of fused-ring (bicyclic) bond motifs is 2. The molecule has 1 heterocycles. The average molecular weight is 297 g/mol. The Morgan fingerprint density at radius 3 is 2.71 bits per heavy atom. The fraction of sp³-hybridized carbons (Fsp3) is 0.176. The highest BCUT2D eigenvalue weighted by molar-refractivity contribution is 7.99. The van der Waals surface area contributed by atoms with Gasteiger partial charge < -0.3 is 9.90 Å². The van der Waals surface area contributed by atoms with E-state index >= 15 is 0 Å². The van der Waals surface area contributed by atoms with Crippen molar-refractivity contribution in [3.05, 3.63) is 59.2 Å². The number of hydrogen-bond acceptors (Lipinski definition) is 4. The molecular formula is C17H13O3S-. The largest absolute Gasteiger partial charge is 0.550 e. The highest BCUT2D eigenvalue weighted by atomic mass is 32.2. The third-order valence-electron chi connectivity index (χ3n) is 3.70. The Morgan fingerprint density at radius 2 is 1.95 bits per heavy atom. The van der Waals surface area contributed by atoms with Gasteiger partial charge in [0.05, 0.1) is 0 Å². The Hall–Kier alpha value is -2.07. The van der Waals surface area contributed by atoms with E-state index in [0.29, 0.717) is 12.0 Å². The highest BCUT2D eigenvalue weighted by Gasteiger charge is 2.21. The summed E-state index contributed by atoms with van der Waals surface area (Å²) >= 11 is 1.55. The van der Waals surface area contributed by atoms with Gasteiger partial charge in [-0.15, -0.1) is 0 Å². The molecule has 1 aliphatic rings. The van der Waals surface area contributed by atoms with Crippen molar-refractivity contribution in [1.82, 2.24) is 0 Å². The van der Waals surface area contributed by atoms with Gasteiger partial charge in [-0.2, -0.15) is 0 Å². The number of carbonyl (C=O) groups excluding carboxylic acids is 2. The number of Topliss-reactive ketones (excluding diaryl/α,β-unsaturated/α-hetero) is 1. The van der Waals surface area contributed by atoms with Crippen LogP contribution in [0.3, 0.4) is 0 Å². The van der Waals surface area contributed by atoms with Gasteiger partial charge in [0.25, 0.3) is 0 Å². The summed E-state index contributed by atoms with van der Waals surface area (Å²) in [4.78, 5) is 25.3. The first-order valence-electron chi connectivity index (χ1n) is 6.70. The molecular weight excluding hydrogens is 284 g/mol. The number of hydrogen-bond donors (Lipinski definition) is 0. The SMILES string of the molecule is C[C@H](C(=O)[O-])c1ccc2c(c1)CC(=O)c1ccccc1S2. The molecule has 0 spiro atoms. The topological polar surface area (TPSA) is 57.2 Å². The van der Waals surface area contributed by atoms with Crippen LogP contribution in [0.1, 0.15) is 34.3 Å². The van der Waals surface area contributed by atoms with Gasteiger partial charge in [-0.05, 0) is 23.3 Å². The Labute approximate surface area is 127 Å². The van der Waals surface area contributed by atoms with Crippen LogP contribution in [0.25, 0.3) is 0 Å². The Bertz CT molecular complexity index is 737. The van der Waals surface area contributed by atoms with Crippen molar-refractivity contribution in [1.29, 1.82) is 0 Å². The molecule has 0 aliphatic carbocycles. The molecule has 0 aromatic heterocycles. The van der Waals surface area contributed by atoms with Gasteiger partial charge in [-0.3, -0.25) is 4.79 Å². The van der Waals surface area contributed by atoms with Crippen molar-refractivity contribution in [3.8, 4) is 0 Å². The van der Waals surface area contributed by atoms with Gasteiger partial charge in [0.15, 0.2) is 5.78 Å². The third kappa shape index (κ3) is 2.59. The van der Waals surface area contributed by atoms with Gasteiger partial charge in [-0.25, -0.2) is 0 Å². The summed E-state index contributed by atoms with van der Waals surface area (Å²) in [7, 11) is 0. The molecule has 3 nitrogen and oxygen atoms in total. The molecule has 0 unspecified atom stereocenters. The van der Waals surface area contributed by atoms with Crippen LogP contribution in [0.2, 0.25) is 0 Å². The summed E-state index contributed by atoms with van der Waals surface area (Å²) in [6.07, 6.45) is 0.299. The first-order chi connectivity index (χ1) is 10.1. The molecule has 0 amide bonds. The fourth-order valence-electron chi connectivity index (χ4n) is 2.42. The van der Waals surface area contributed by atoms with Crippen LogP contribution in [0.15, 0.2) is 52.3 Å². The predicted molar refractivity (Wildman–Crippen MR) is 78.5 cm³/mol. The van der Waals surface area contributed by atoms with E-state index in [9.17, 15) is 14.7 Å². The van der Waals surface area contributed by atoms with Gasteiger partial charge in [0, 0.05) is 33.7 Å². The van der Waals surface area contributed by atoms with Crippen LogP contribution in [-0.4, -0.2) is 11.8 Å². The van der Waals surface area contributed by atoms with Crippen LogP contribution in [-0.2, 0) is 11.2 Å². The predicted octanol–water partition coefficient (Wildman–Crippen LogP) is 2.43. The van der Waals surface area contributed by atoms with Crippen LogP contribution >= 0.6 is 11.8 Å². The summed E-state index contributed by atoms with van der Waals surface area (Å²) in [5.74, 6) is -1.72. The second kappa shape index (κ2) is 5.37. The van der Waals surface area contributed by atoms with Crippen LogP contribution < -0.4 is 5.11 Å². The molecule has 1 aliphatic heterocycles. The molecule has 2 aromatic rings. The molecule has 1 atom stereocenters. The van der Waals surface area contributed by atoms with Crippen molar-refractivity contribution in [2.24, 2.45) is 0 Å². The lowest BCUT2D eigenvalue weighted by Crippen LogP contribution is -2.28. The number of ketones is 1. The van der Waals surface area contributed by atoms with E-state index in [1.807, 2.05) is 36.4 Å². The standard InChI is InChI=1S/C17H14O3S/c1-10(17(19)20)11-6-7-15-12(8-11)9-14(18)13-4-2-3-5-16(13)21-15/h2-8,10H,9H2,1H3,(H,19,20)/p-1/t10-/m0/s1. The molecule has 0 saturated carbocycles. The molecule has 0 saturated heterocycles. The van der Waals surface area contributed by atoms with Crippen LogP contribution in [0.5, 0.6) is 0 Å². The van der Waals surface area contributed by atoms with E-state index < -0.39 is 11.9 Å². The molecule has 3 rings (SSSR count). The summed E-state index contributed by atoms with van der Waals surface area (Å²) < 4.78 is 0. The zero-order valence-corrected chi connectivity index (χ0v) is 12.3. The van der Waals surface area contributed by atoms with E-state index in [-0.39, 0.29) is 5.78 Å². The Balaban J connectivity index is 2.04. The lowest BCUT2D eigenvalue weighted by atomic mass is 9.96. The summed E-state index contributed by atoms with van der Waals surface area (Å²) in [5, 5.41) is 11.0. The Kier molecular flexibility index (Phi) is 3.55. The summed E-state index contributed by atoms with van der Waals surface area (Å²) in [5.41, 5.74) is 2.29. The molecule has 4 heteroatoms.